The van der Waals surface area contributed by atoms with E-state index >= 15 is 0 Å². The summed E-state index contributed by atoms with van der Waals surface area (Å²) in [6.45, 7) is 0. The van der Waals surface area contributed by atoms with Gasteiger partial charge in [0.05, 0.1) is 0 Å². The zero-order valence-corrected chi connectivity index (χ0v) is 9.33. The Hall–Kier alpha value is -1.91. The maximum absolute atomic E-state index is 10.9. The fourth-order valence-electron chi connectivity index (χ4n) is 2.55. The highest BCUT2D eigenvalue weighted by Crippen LogP contribution is 2.33. The number of carbonyl (C=O) groups is 1. The molecule has 0 aliphatic heterocycles. The summed E-state index contributed by atoms with van der Waals surface area (Å²) in [5.74, 6) is -0.519. The van der Waals surface area contributed by atoms with Crippen molar-refractivity contribution in [2.45, 2.75) is 31.6 Å². The first-order valence-electron chi connectivity index (χ1n) is 5.83. The van der Waals surface area contributed by atoms with E-state index in [4.69, 9.17) is 5.11 Å². The van der Waals surface area contributed by atoms with Gasteiger partial charge in [-0.2, -0.15) is 5.10 Å². The molecule has 3 rings (SSSR count). The fourth-order valence-corrected chi connectivity index (χ4v) is 2.55. The molecule has 2 aromatic rings. The van der Waals surface area contributed by atoms with E-state index in [0.717, 1.165) is 18.5 Å². The van der Waals surface area contributed by atoms with Gasteiger partial charge in [0, 0.05) is 23.9 Å². The summed E-state index contributed by atoms with van der Waals surface area (Å²) in [5.41, 5.74) is 1.76. The SMILES string of the molecule is O=C(O)c1cc2nccc(C3CCCC3)n2n1. The smallest absolute Gasteiger partial charge is 0.356 e. The molecule has 5 nitrogen and oxygen atoms in total. The number of aromatic carboxylic acids is 1. The predicted octanol–water partition coefficient (Wildman–Crippen LogP) is 2.09. The molecule has 1 fully saturated rings. The molecule has 0 saturated heterocycles. The molecule has 0 unspecified atom stereocenters. The highest BCUT2D eigenvalue weighted by Gasteiger charge is 2.21. The minimum absolute atomic E-state index is 0.0583. The van der Waals surface area contributed by atoms with Gasteiger partial charge in [-0.05, 0) is 18.9 Å². The van der Waals surface area contributed by atoms with Gasteiger partial charge in [0.1, 0.15) is 0 Å². The lowest BCUT2D eigenvalue weighted by molar-refractivity contribution is 0.0690. The van der Waals surface area contributed by atoms with E-state index in [1.54, 1.807) is 10.7 Å². The average molecular weight is 231 g/mol. The maximum atomic E-state index is 10.9. The van der Waals surface area contributed by atoms with Gasteiger partial charge in [-0.3, -0.25) is 0 Å². The predicted molar refractivity (Wildman–Crippen MR) is 61.2 cm³/mol. The van der Waals surface area contributed by atoms with Crippen molar-refractivity contribution in [2.24, 2.45) is 0 Å². The van der Waals surface area contributed by atoms with Crippen LogP contribution in [0.1, 0.15) is 47.8 Å². The number of carboxylic acids is 1. The monoisotopic (exact) mass is 231 g/mol. The number of hydrogen-bond acceptors (Lipinski definition) is 3. The summed E-state index contributed by atoms with van der Waals surface area (Å²) in [6.07, 6.45) is 6.52. The summed E-state index contributed by atoms with van der Waals surface area (Å²) in [7, 11) is 0. The van der Waals surface area contributed by atoms with Crippen LogP contribution >= 0.6 is 0 Å². The van der Waals surface area contributed by atoms with Gasteiger partial charge in [0.15, 0.2) is 11.3 Å². The van der Waals surface area contributed by atoms with Crippen molar-refractivity contribution in [3.8, 4) is 0 Å². The molecule has 1 saturated carbocycles. The first kappa shape index (κ1) is 10.3. The quantitative estimate of drug-likeness (QED) is 0.859. The van der Waals surface area contributed by atoms with Gasteiger partial charge < -0.3 is 5.11 Å². The van der Waals surface area contributed by atoms with Crippen molar-refractivity contribution in [1.29, 1.82) is 0 Å². The number of hydrogen-bond donors (Lipinski definition) is 1. The lowest BCUT2D eigenvalue weighted by Gasteiger charge is -2.10. The fraction of sp³-hybridized carbons (Fsp3) is 0.417. The van der Waals surface area contributed by atoms with Gasteiger partial charge >= 0.3 is 5.97 Å². The molecule has 17 heavy (non-hydrogen) atoms. The molecule has 1 N–H and O–H groups in total. The van der Waals surface area contributed by atoms with Crippen LogP contribution in [0.3, 0.4) is 0 Å². The Morgan fingerprint density at radius 1 is 1.41 bits per heavy atom. The first-order chi connectivity index (χ1) is 8.25. The zero-order valence-electron chi connectivity index (χ0n) is 9.33. The number of fused-ring (bicyclic) bond motifs is 1. The van der Waals surface area contributed by atoms with E-state index in [9.17, 15) is 4.79 Å². The van der Waals surface area contributed by atoms with E-state index in [2.05, 4.69) is 10.1 Å². The second-order valence-electron chi connectivity index (χ2n) is 4.46. The molecular formula is C12H13N3O2. The van der Waals surface area contributed by atoms with Gasteiger partial charge in [0.25, 0.3) is 0 Å². The second kappa shape index (κ2) is 3.84. The standard InChI is InChI=1S/C12H13N3O2/c16-12(17)9-7-11-13-6-5-10(15(11)14-9)8-3-1-2-4-8/h5-8H,1-4H2,(H,16,17). The summed E-state index contributed by atoms with van der Waals surface area (Å²) in [4.78, 5) is 15.1. The minimum atomic E-state index is -1.01. The molecule has 0 spiro atoms. The van der Waals surface area contributed by atoms with Crippen molar-refractivity contribution in [2.75, 3.05) is 0 Å². The molecule has 2 heterocycles. The summed E-state index contributed by atoms with van der Waals surface area (Å²) >= 11 is 0. The first-order valence-corrected chi connectivity index (χ1v) is 5.83. The second-order valence-corrected chi connectivity index (χ2v) is 4.46. The van der Waals surface area contributed by atoms with E-state index in [-0.39, 0.29) is 5.69 Å². The summed E-state index contributed by atoms with van der Waals surface area (Å²) in [6, 6.07) is 3.46. The van der Waals surface area contributed by atoms with Crippen LogP contribution in [0.4, 0.5) is 0 Å². The number of carboxylic acid groups (broad SMARTS) is 1. The van der Waals surface area contributed by atoms with Crippen molar-refractivity contribution in [1.82, 2.24) is 14.6 Å². The molecule has 88 valence electrons. The Balaban J connectivity index is 2.14. The zero-order chi connectivity index (χ0) is 11.8. The molecule has 0 aromatic carbocycles. The van der Waals surface area contributed by atoms with Crippen LogP contribution in [0.25, 0.3) is 5.65 Å². The van der Waals surface area contributed by atoms with E-state index in [0.29, 0.717) is 11.6 Å². The summed E-state index contributed by atoms with van der Waals surface area (Å²) < 4.78 is 1.68. The van der Waals surface area contributed by atoms with Crippen LogP contribution in [-0.4, -0.2) is 25.7 Å². The third-order valence-electron chi connectivity index (χ3n) is 3.38. The van der Waals surface area contributed by atoms with Gasteiger partial charge in [-0.25, -0.2) is 14.3 Å². The van der Waals surface area contributed by atoms with Crippen LogP contribution in [0.2, 0.25) is 0 Å². The van der Waals surface area contributed by atoms with Crippen molar-refractivity contribution in [3.63, 3.8) is 0 Å². The lowest BCUT2D eigenvalue weighted by Crippen LogP contribution is -2.05. The molecule has 1 aliphatic rings. The molecule has 5 heteroatoms. The number of rotatable bonds is 2. The van der Waals surface area contributed by atoms with E-state index in [1.165, 1.54) is 18.9 Å². The third kappa shape index (κ3) is 1.67. The minimum Gasteiger partial charge on any atom is -0.476 e. The van der Waals surface area contributed by atoms with E-state index in [1.807, 2.05) is 6.07 Å². The Morgan fingerprint density at radius 2 is 2.18 bits per heavy atom. The van der Waals surface area contributed by atoms with Gasteiger partial charge in [0.2, 0.25) is 0 Å². The van der Waals surface area contributed by atoms with Crippen molar-refractivity contribution in [3.05, 3.63) is 29.7 Å². The highest BCUT2D eigenvalue weighted by molar-refractivity contribution is 5.86. The van der Waals surface area contributed by atoms with Crippen molar-refractivity contribution >= 4 is 11.6 Å². The normalized spacial score (nSPS) is 16.7. The highest BCUT2D eigenvalue weighted by atomic mass is 16.4. The Bertz CT molecular complexity index is 570. The molecular weight excluding hydrogens is 218 g/mol. The number of aromatic nitrogens is 3. The van der Waals surface area contributed by atoms with Crippen LogP contribution in [0, 0.1) is 0 Å². The summed E-state index contributed by atoms with van der Waals surface area (Å²) in [5, 5.41) is 13.0. The molecule has 0 amide bonds. The Morgan fingerprint density at radius 3 is 2.88 bits per heavy atom. The molecule has 2 aromatic heterocycles. The lowest BCUT2D eigenvalue weighted by atomic mass is 10.0. The Kier molecular flexibility index (Phi) is 2.31. The van der Waals surface area contributed by atoms with Crippen LogP contribution in [0.15, 0.2) is 18.3 Å². The van der Waals surface area contributed by atoms with Crippen LogP contribution in [0.5, 0.6) is 0 Å². The maximum Gasteiger partial charge on any atom is 0.356 e. The number of nitrogens with zero attached hydrogens (tertiary/aromatic N) is 3. The molecule has 0 bridgehead atoms. The molecule has 0 atom stereocenters. The van der Waals surface area contributed by atoms with Crippen LogP contribution < -0.4 is 0 Å². The van der Waals surface area contributed by atoms with Crippen LogP contribution in [-0.2, 0) is 0 Å². The van der Waals surface area contributed by atoms with Crippen molar-refractivity contribution < 1.29 is 9.90 Å². The molecule has 1 aliphatic carbocycles. The van der Waals surface area contributed by atoms with Gasteiger partial charge in [-0.15, -0.1) is 0 Å². The average Bonchev–Trinajstić information content (AvgIpc) is 2.97. The third-order valence-corrected chi connectivity index (χ3v) is 3.38. The van der Waals surface area contributed by atoms with E-state index < -0.39 is 5.97 Å². The Labute approximate surface area is 98.1 Å². The topological polar surface area (TPSA) is 67.5 Å². The molecule has 0 radical (unpaired) electrons. The van der Waals surface area contributed by atoms with Gasteiger partial charge in [-0.1, -0.05) is 12.8 Å². The largest absolute Gasteiger partial charge is 0.476 e.